The van der Waals surface area contributed by atoms with Gasteiger partial charge in [-0.3, -0.25) is 9.59 Å². The molecule has 32 heavy (non-hydrogen) atoms. The van der Waals surface area contributed by atoms with Crippen LogP contribution in [0.2, 0.25) is 0 Å². The van der Waals surface area contributed by atoms with Gasteiger partial charge in [-0.05, 0) is 65.2 Å². The first-order valence-corrected chi connectivity index (χ1v) is 10.9. The minimum absolute atomic E-state index is 0.123. The summed E-state index contributed by atoms with van der Waals surface area (Å²) in [5.41, 5.74) is 3.45. The van der Waals surface area contributed by atoms with Crippen LogP contribution in [0, 0.1) is 0 Å². The molecule has 0 aromatic heterocycles. The summed E-state index contributed by atoms with van der Waals surface area (Å²) in [6.07, 6.45) is 2.35. The number of nitrogens with zero attached hydrogens (tertiary/aromatic N) is 1. The van der Waals surface area contributed by atoms with Crippen molar-refractivity contribution in [3.05, 3.63) is 45.9 Å². The normalized spacial score (nSPS) is 12.0. The summed E-state index contributed by atoms with van der Waals surface area (Å²) in [5.74, 6) is 1.41. The van der Waals surface area contributed by atoms with Gasteiger partial charge in [-0.2, -0.15) is 5.10 Å². The maximum atomic E-state index is 12.2. The van der Waals surface area contributed by atoms with Crippen molar-refractivity contribution in [1.82, 2.24) is 10.7 Å². The highest BCUT2D eigenvalue weighted by Crippen LogP contribution is 2.36. The Labute approximate surface area is 194 Å². The second-order valence-electron chi connectivity index (χ2n) is 6.66. The van der Waals surface area contributed by atoms with Crippen LogP contribution in [-0.4, -0.2) is 44.6 Å². The number of nitrogens with one attached hydrogen (secondary N) is 2. The van der Waals surface area contributed by atoms with Gasteiger partial charge >= 0.3 is 0 Å². The van der Waals surface area contributed by atoms with E-state index in [4.69, 9.17) is 18.9 Å². The number of carbonyl (C=O) groups is 2. The zero-order valence-corrected chi connectivity index (χ0v) is 19.4. The summed E-state index contributed by atoms with van der Waals surface area (Å²) in [7, 11) is 0. The molecule has 2 aromatic rings. The van der Waals surface area contributed by atoms with Gasteiger partial charge in [0.15, 0.2) is 23.0 Å². The SMILES string of the molecule is CCCOc1c(Br)cc(/C=N/NC(=O)CNC(=O)c2ccc3c(c2)OCO3)cc1OCC. The fraction of sp³-hybridized carbons (Fsp3) is 0.318. The maximum absolute atomic E-state index is 12.2. The van der Waals surface area contributed by atoms with Gasteiger partial charge in [0, 0.05) is 5.56 Å². The van der Waals surface area contributed by atoms with Crippen molar-refractivity contribution in [3.8, 4) is 23.0 Å². The predicted octanol–water partition coefficient (Wildman–Crippen LogP) is 3.25. The summed E-state index contributed by atoms with van der Waals surface area (Å²) in [5, 5.41) is 6.48. The molecule has 0 saturated carbocycles. The molecule has 0 bridgehead atoms. The van der Waals surface area contributed by atoms with E-state index in [1.165, 1.54) is 6.21 Å². The Bertz CT molecular complexity index is 1010. The second kappa shape index (κ2) is 11.4. The number of hydrazone groups is 1. The van der Waals surface area contributed by atoms with Crippen molar-refractivity contribution in [2.45, 2.75) is 20.3 Å². The molecule has 0 radical (unpaired) electrons. The number of amides is 2. The average molecular weight is 506 g/mol. The monoisotopic (exact) mass is 505 g/mol. The highest BCUT2D eigenvalue weighted by molar-refractivity contribution is 9.10. The molecule has 170 valence electrons. The van der Waals surface area contributed by atoms with E-state index in [0.29, 0.717) is 47.3 Å². The molecule has 0 fully saturated rings. The average Bonchev–Trinajstić information content (AvgIpc) is 3.25. The van der Waals surface area contributed by atoms with Gasteiger partial charge < -0.3 is 24.3 Å². The molecule has 3 rings (SSSR count). The first-order chi connectivity index (χ1) is 15.5. The molecular formula is C22H24BrN3O6. The Balaban J connectivity index is 1.53. The van der Waals surface area contributed by atoms with Crippen molar-refractivity contribution in [3.63, 3.8) is 0 Å². The summed E-state index contributed by atoms with van der Waals surface area (Å²) in [4.78, 5) is 24.3. The molecule has 1 aliphatic heterocycles. The van der Waals surface area contributed by atoms with Crippen LogP contribution in [0.15, 0.2) is 39.9 Å². The largest absolute Gasteiger partial charge is 0.490 e. The molecule has 0 spiro atoms. The van der Waals surface area contributed by atoms with Crippen LogP contribution in [0.1, 0.15) is 36.2 Å². The number of halogens is 1. The first-order valence-electron chi connectivity index (χ1n) is 10.1. The number of benzene rings is 2. The van der Waals surface area contributed by atoms with Crippen molar-refractivity contribution in [2.24, 2.45) is 5.10 Å². The van der Waals surface area contributed by atoms with Gasteiger partial charge in [-0.1, -0.05) is 6.92 Å². The topological polar surface area (TPSA) is 107 Å². The summed E-state index contributed by atoms with van der Waals surface area (Å²) < 4.78 is 22.6. The second-order valence-corrected chi connectivity index (χ2v) is 7.51. The van der Waals surface area contributed by atoms with Gasteiger partial charge in [-0.15, -0.1) is 0 Å². The van der Waals surface area contributed by atoms with E-state index >= 15 is 0 Å². The molecular weight excluding hydrogens is 482 g/mol. The van der Waals surface area contributed by atoms with Crippen LogP contribution in [-0.2, 0) is 4.79 Å². The van der Waals surface area contributed by atoms with Crippen LogP contribution in [0.3, 0.4) is 0 Å². The van der Waals surface area contributed by atoms with E-state index in [1.807, 2.05) is 19.9 Å². The van der Waals surface area contributed by atoms with Crippen LogP contribution < -0.4 is 29.7 Å². The van der Waals surface area contributed by atoms with E-state index in [-0.39, 0.29) is 13.3 Å². The lowest BCUT2D eigenvalue weighted by molar-refractivity contribution is -0.120. The fourth-order valence-electron chi connectivity index (χ4n) is 2.79. The zero-order chi connectivity index (χ0) is 22.9. The first kappa shape index (κ1) is 23.4. The minimum atomic E-state index is -0.470. The Morgan fingerprint density at radius 2 is 1.97 bits per heavy atom. The molecule has 10 heteroatoms. The molecule has 9 nitrogen and oxygen atoms in total. The minimum Gasteiger partial charge on any atom is -0.490 e. The standard InChI is InChI=1S/C22H24BrN3O6/c1-3-7-30-21-16(23)8-14(9-19(21)29-4-2)11-25-26-20(27)12-24-22(28)15-5-6-17-18(10-15)32-13-31-17/h5-6,8-11H,3-4,7,12-13H2,1-2H3,(H,24,28)(H,26,27)/b25-11+. The number of ether oxygens (including phenoxy) is 4. The third-order valence-corrected chi connectivity index (χ3v) is 4.82. The quantitative estimate of drug-likeness (QED) is 0.379. The van der Waals surface area contributed by atoms with E-state index < -0.39 is 11.8 Å². The lowest BCUT2D eigenvalue weighted by atomic mass is 10.2. The van der Waals surface area contributed by atoms with Crippen LogP contribution >= 0.6 is 15.9 Å². The van der Waals surface area contributed by atoms with Gasteiger partial charge in [0.1, 0.15) is 0 Å². The van der Waals surface area contributed by atoms with Crippen molar-refractivity contribution < 1.29 is 28.5 Å². The molecule has 1 aliphatic rings. The van der Waals surface area contributed by atoms with E-state index in [0.717, 1.165) is 10.9 Å². The molecule has 2 N–H and O–H groups in total. The number of fused-ring (bicyclic) bond motifs is 1. The Morgan fingerprint density at radius 1 is 1.16 bits per heavy atom. The third-order valence-electron chi connectivity index (χ3n) is 4.23. The summed E-state index contributed by atoms with van der Waals surface area (Å²) in [6, 6.07) is 8.39. The van der Waals surface area contributed by atoms with Crippen molar-refractivity contribution in [2.75, 3.05) is 26.6 Å². The number of rotatable bonds is 10. The number of hydrogen-bond donors (Lipinski definition) is 2. The lowest BCUT2D eigenvalue weighted by Gasteiger charge is -2.14. The van der Waals surface area contributed by atoms with Gasteiger partial charge in [0.2, 0.25) is 6.79 Å². The molecule has 2 amide bonds. The van der Waals surface area contributed by atoms with E-state index in [9.17, 15) is 9.59 Å². The highest BCUT2D eigenvalue weighted by Gasteiger charge is 2.16. The van der Waals surface area contributed by atoms with E-state index in [1.54, 1.807) is 24.3 Å². The summed E-state index contributed by atoms with van der Waals surface area (Å²) >= 11 is 3.48. The number of hydrogen-bond acceptors (Lipinski definition) is 7. The van der Waals surface area contributed by atoms with Gasteiger partial charge in [-0.25, -0.2) is 5.43 Å². The van der Waals surface area contributed by atoms with Crippen LogP contribution in [0.25, 0.3) is 0 Å². The third kappa shape index (κ3) is 6.13. The van der Waals surface area contributed by atoms with Crippen molar-refractivity contribution >= 4 is 34.0 Å². The predicted molar refractivity (Wildman–Crippen MR) is 122 cm³/mol. The number of carbonyl (C=O) groups excluding carboxylic acids is 2. The lowest BCUT2D eigenvalue weighted by Crippen LogP contribution is -2.34. The fourth-order valence-corrected chi connectivity index (χ4v) is 3.36. The van der Waals surface area contributed by atoms with E-state index in [2.05, 4.69) is 31.8 Å². The van der Waals surface area contributed by atoms with Crippen LogP contribution in [0.4, 0.5) is 0 Å². The van der Waals surface area contributed by atoms with Crippen LogP contribution in [0.5, 0.6) is 23.0 Å². The molecule has 2 aromatic carbocycles. The Hall–Kier alpha value is -3.27. The smallest absolute Gasteiger partial charge is 0.259 e. The molecule has 0 saturated heterocycles. The zero-order valence-electron chi connectivity index (χ0n) is 17.8. The summed E-state index contributed by atoms with van der Waals surface area (Å²) in [6.45, 7) is 4.85. The molecule has 0 aliphatic carbocycles. The van der Waals surface area contributed by atoms with Gasteiger partial charge in [0.05, 0.1) is 30.4 Å². The maximum Gasteiger partial charge on any atom is 0.259 e. The van der Waals surface area contributed by atoms with Crippen molar-refractivity contribution in [1.29, 1.82) is 0 Å². The Morgan fingerprint density at radius 3 is 2.75 bits per heavy atom. The molecule has 0 atom stereocenters. The molecule has 0 unspecified atom stereocenters. The molecule has 1 heterocycles. The van der Waals surface area contributed by atoms with Gasteiger partial charge in [0.25, 0.3) is 11.8 Å². The highest BCUT2D eigenvalue weighted by atomic mass is 79.9. The Kier molecular flexibility index (Phi) is 8.32.